The van der Waals surface area contributed by atoms with Crippen molar-refractivity contribution in [3.8, 4) is 11.1 Å². The van der Waals surface area contributed by atoms with Crippen LogP contribution in [0.25, 0.3) is 22.0 Å². The predicted octanol–water partition coefficient (Wildman–Crippen LogP) is 4.42. The van der Waals surface area contributed by atoms with Gasteiger partial charge in [-0.3, -0.25) is 9.97 Å². The molecular weight excluding hydrogens is 232 g/mol. The summed E-state index contributed by atoms with van der Waals surface area (Å²) < 4.78 is 0. The number of hydrogen-bond donors (Lipinski definition) is 0. The van der Waals surface area contributed by atoms with Crippen molar-refractivity contribution >= 4 is 10.9 Å². The van der Waals surface area contributed by atoms with Gasteiger partial charge in [0.1, 0.15) is 0 Å². The van der Waals surface area contributed by atoms with Gasteiger partial charge in [-0.15, -0.1) is 0 Å². The summed E-state index contributed by atoms with van der Waals surface area (Å²) in [6, 6.07) is 14.5. The standard InChI is InChI=1S/C17H16N2/c1-12(2)17-15(7-5-9-18-17)14-10-13-6-3-4-8-16(13)19-11-14/h3-12H,1-2H3. The first-order valence-electron chi connectivity index (χ1n) is 6.56. The van der Waals surface area contributed by atoms with Crippen molar-refractivity contribution in [3.05, 3.63) is 60.6 Å². The number of fused-ring (bicyclic) bond motifs is 1. The summed E-state index contributed by atoms with van der Waals surface area (Å²) >= 11 is 0. The molecule has 0 aliphatic carbocycles. The lowest BCUT2D eigenvalue weighted by Gasteiger charge is -2.11. The molecule has 0 aliphatic heterocycles. The smallest absolute Gasteiger partial charge is 0.0702 e. The molecule has 0 atom stereocenters. The molecule has 0 unspecified atom stereocenters. The molecule has 0 aliphatic rings. The van der Waals surface area contributed by atoms with Gasteiger partial charge in [-0.1, -0.05) is 38.1 Å². The Morgan fingerprint density at radius 1 is 0.947 bits per heavy atom. The maximum Gasteiger partial charge on any atom is 0.0702 e. The number of nitrogens with zero attached hydrogens (tertiary/aromatic N) is 2. The number of rotatable bonds is 2. The molecule has 94 valence electrons. The molecular formula is C17H16N2. The molecule has 2 heteroatoms. The monoisotopic (exact) mass is 248 g/mol. The molecule has 2 aromatic heterocycles. The van der Waals surface area contributed by atoms with Crippen LogP contribution in [-0.2, 0) is 0 Å². The third kappa shape index (κ3) is 2.22. The van der Waals surface area contributed by atoms with Gasteiger partial charge in [-0.25, -0.2) is 0 Å². The second-order valence-corrected chi connectivity index (χ2v) is 5.01. The Labute approximate surface area is 113 Å². The number of pyridine rings is 2. The third-order valence-corrected chi connectivity index (χ3v) is 3.29. The van der Waals surface area contributed by atoms with Crippen LogP contribution in [0.5, 0.6) is 0 Å². The number of hydrogen-bond acceptors (Lipinski definition) is 2. The van der Waals surface area contributed by atoms with E-state index in [1.807, 2.05) is 36.7 Å². The fraction of sp³-hybridized carbons (Fsp3) is 0.176. The molecule has 0 bridgehead atoms. The molecule has 0 radical (unpaired) electrons. The van der Waals surface area contributed by atoms with Crippen molar-refractivity contribution in [1.82, 2.24) is 9.97 Å². The summed E-state index contributed by atoms with van der Waals surface area (Å²) in [6.07, 6.45) is 3.79. The van der Waals surface area contributed by atoms with Crippen LogP contribution in [0.1, 0.15) is 25.5 Å². The first-order chi connectivity index (χ1) is 9.25. The molecule has 2 nitrogen and oxygen atoms in total. The number of para-hydroxylation sites is 1. The molecule has 0 spiro atoms. The minimum Gasteiger partial charge on any atom is -0.260 e. The van der Waals surface area contributed by atoms with E-state index < -0.39 is 0 Å². The van der Waals surface area contributed by atoms with Crippen LogP contribution < -0.4 is 0 Å². The zero-order valence-electron chi connectivity index (χ0n) is 11.2. The van der Waals surface area contributed by atoms with Gasteiger partial charge in [0.2, 0.25) is 0 Å². The van der Waals surface area contributed by atoms with Gasteiger partial charge in [0.05, 0.1) is 11.2 Å². The summed E-state index contributed by atoms with van der Waals surface area (Å²) in [5, 5.41) is 1.17. The average Bonchev–Trinajstić information content (AvgIpc) is 2.46. The van der Waals surface area contributed by atoms with Crippen molar-refractivity contribution in [3.63, 3.8) is 0 Å². The Hall–Kier alpha value is -2.22. The SMILES string of the molecule is CC(C)c1ncccc1-c1cnc2ccccc2c1. The Bertz CT molecular complexity index is 717. The highest BCUT2D eigenvalue weighted by atomic mass is 14.7. The van der Waals surface area contributed by atoms with Gasteiger partial charge in [0.15, 0.2) is 0 Å². The van der Waals surface area contributed by atoms with E-state index in [4.69, 9.17) is 0 Å². The molecule has 3 rings (SSSR count). The number of benzene rings is 1. The predicted molar refractivity (Wildman–Crippen MR) is 79.1 cm³/mol. The topological polar surface area (TPSA) is 25.8 Å². The lowest BCUT2D eigenvalue weighted by Crippen LogP contribution is -1.96. The zero-order chi connectivity index (χ0) is 13.2. The van der Waals surface area contributed by atoms with Crippen molar-refractivity contribution in [1.29, 1.82) is 0 Å². The second-order valence-electron chi connectivity index (χ2n) is 5.01. The van der Waals surface area contributed by atoms with Crippen LogP contribution in [0.3, 0.4) is 0 Å². The summed E-state index contributed by atoms with van der Waals surface area (Å²) in [5.74, 6) is 0.405. The molecule has 0 fully saturated rings. The minimum absolute atomic E-state index is 0.405. The molecule has 0 N–H and O–H groups in total. The van der Waals surface area contributed by atoms with E-state index in [1.165, 1.54) is 10.9 Å². The van der Waals surface area contributed by atoms with Gasteiger partial charge in [-0.05, 0) is 24.1 Å². The van der Waals surface area contributed by atoms with E-state index in [1.54, 1.807) is 0 Å². The van der Waals surface area contributed by atoms with Crippen LogP contribution in [0.4, 0.5) is 0 Å². The first kappa shape index (κ1) is 11.8. The maximum absolute atomic E-state index is 4.53. The zero-order valence-corrected chi connectivity index (χ0v) is 11.2. The van der Waals surface area contributed by atoms with E-state index in [0.717, 1.165) is 16.8 Å². The van der Waals surface area contributed by atoms with E-state index in [0.29, 0.717) is 5.92 Å². The van der Waals surface area contributed by atoms with E-state index in [-0.39, 0.29) is 0 Å². The highest BCUT2D eigenvalue weighted by Crippen LogP contribution is 2.28. The molecule has 2 heterocycles. The highest BCUT2D eigenvalue weighted by molar-refractivity contribution is 5.83. The Balaban J connectivity index is 2.19. The summed E-state index contributed by atoms with van der Waals surface area (Å²) in [5.41, 5.74) is 4.46. The second kappa shape index (κ2) is 4.81. The summed E-state index contributed by atoms with van der Waals surface area (Å²) in [6.45, 7) is 4.33. The van der Waals surface area contributed by atoms with Crippen LogP contribution in [-0.4, -0.2) is 9.97 Å². The normalized spacial score (nSPS) is 11.1. The largest absolute Gasteiger partial charge is 0.260 e. The Morgan fingerprint density at radius 2 is 1.79 bits per heavy atom. The van der Waals surface area contributed by atoms with Crippen LogP contribution in [0.15, 0.2) is 54.9 Å². The maximum atomic E-state index is 4.53. The Kier molecular flexibility index (Phi) is 3.00. The molecule has 0 amide bonds. The quantitative estimate of drug-likeness (QED) is 0.671. The molecule has 0 saturated carbocycles. The molecule has 3 aromatic rings. The van der Waals surface area contributed by atoms with E-state index in [2.05, 4.69) is 42.0 Å². The van der Waals surface area contributed by atoms with Gasteiger partial charge in [-0.2, -0.15) is 0 Å². The highest BCUT2D eigenvalue weighted by Gasteiger charge is 2.10. The molecule has 1 aromatic carbocycles. The average molecular weight is 248 g/mol. The molecule has 0 saturated heterocycles. The van der Waals surface area contributed by atoms with Gasteiger partial charge in [0, 0.05) is 28.9 Å². The number of aromatic nitrogens is 2. The lowest BCUT2D eigenvalue weighted by molar-refractivity contribution is 0.825. The lowest BCUT2D eigenvalue weighted by atomic mass is 9.98. The van der Waals surface area contributed by atoms with Crippen molar-refractivity contribution < 1.29 is 0 Å². The van der Waals surface area contributed by atoms with Crippen molar-refractivity contribution in [2.75, 3.05) is 0 Å². The summed E-state index contributed by atoms with van der Waals surface area (Å²) in [7, 11) is 0. The van der Waals surface area contributed by atoms with Crippen molar-refractivity contribution in [2.45, 2.75) is 19.8 Å². The van der Waals surface area contributed by atoms with Gasteiger partial charge in [0.25, 0.3) is 0 Å². The van der Waals surface area contributed by atoms with Crippen LogP contribution in [0, 0.1) is 0 Å². The van der Waals surface area contributed by atoms with E-state index >= 15 is 0 Å². The van der Waals surface area contributed by atoms with Gasteiger partial charge < -0.3 is 0 Å². The Morgan fingerprint density at radius 3 is 2.63 bits per heavy atom. The first-order valence-corrected chi connectivity index (χ1v) is 6.56. The molecule has 19 heavy (non-hydrogen) atoms. The van der Waals surface area contributed by atoms with Crippen LogP contribution >= 0.6 is 0 Å². The minimum atomic E-state index is 0.405. The summed E-state index contributed by atoms with van der Waals surface area (Å²) in [4.78, 5) is 9.04. The fourth-order valence-electron chi connectivity index (χ4n) is 2.34. The third-order valence-electron chi connectivity index (χ3n) is 3.29. The van der Waals surface area contributed by atoms with Crippen LogP contribution in [0.2, 0.25) is 0 Å². The van der Waals surface area contributed by atoms with E-state index in [9.17, 15) is 0 Å². The van der Waals surface area contributed by atoms with Crippen molar-refractivity contribution in [2.24, 2.45) is 0 Å². The van der Waals surface area contributed by atoms with Gasteiger partial charge >= 0.3 is 0 Å². The fourth-order valence-corrected chi connectivity index (χ4v) is 2.34.